The molecule has 0 aliphatic rings. The Bertz CT molecular complexity index is 1360. The zero-order valence-electron chi connectivity index (χ0n) is 18.0. The number of carbonyl (C=O) groups excluding carboxylic acids is 1. The third kappa shape index (κ3) is 5.63. The molecule has 0 bridgehead atoms. The van der Waals surface area contributed by atoms with E-state index < -0.39 is 5.82 Å². The Morgan fingerprint density at radius 3 is 2.32 bits per heavy atom. The van der Waals surface area contributed by atoms with Crippen LogP contribution in [0.1, 0.15) is 12.0 Å². The van der Waals surface area contributed by atoms with E-state index in [-0.39, 0.29) is 17.4 Å². The first-order valence-electron chi connectivity index (χ1n) is 10.5. The average Bonchev–Trinajstić information content (AvgIpc) is 2.87. The number of hydrogen-bond acceptors (Lipinski definition) is 4. The lowest BCUT2D eigenvalue weighted by atomic mass is 9.99. The first-order chi connectivity index (χ1) is 16.5. The molecule has 1 heterocycles. The molecule has 0 saturated heterocycles. The maximum atomic E-state index is 13.3. The number of benzene rings is 3. The van der Waals surface area contributed by atoms with Crippen LogP contribution in [0, 0.1) is 17.1 Å². The SMILES string of the molecule is N#Cc1c(-c2ccccc2)cc(-c2ccccc2)nc1SCCC(=O)Nc1ccc(F)c(Cl)c1. The summed E-state index contributed by atoms with van der Waals surface area (Å²) in [5.74, 6) is -0.372. The van der Waals surface area contributed by atoms with E-state index in [1.165, 1.54) is 30.0 Å². The largest absolute Gasteiger partial charge is 0.326 e. The number of thioether (sulfide) groups is 1. The number of carbonyl (C=O) groups is 1. The van der Waals surface area contributed by atoms with Gasteiger partial charge in [-0.25, -0.2) is 9.37 Å². The van der Waals surface area contributed by atoms with Crippen LogP contribution in [0.2, 0.25) is 5.02 Å². The molecular weight excluding hydrogens is 469 g/mol. The Balaban J connectivity index is 1.57. The van der Waals surface area contributed by atoms with Gasteiger partial charge in [-0.2, -0.15) is 5.26 Å². The van der Waals surface area contributed by atoms with E-state index in [2.05, 4.69) is 11.4 Å². The molecule has 0 atom stereocenters. The highest BCUT2D eigenvalue weighted by Gasteiger charge is 2.16. The first-order valence-corrected chi connectivity index (χ1v) is 11.8. The maximum Gasteiger partial charge on any atom is 0.225 e. The van der Waals surface area contributed by atoms with Gasteiger partial charge < -0.3 is 5.32 Å². The molecule has 0 unspecified atom stereocenters. The Hall–Kier alpha value is -3.66. The van der Waals surface area contributed by atoms with Gasteiger partial charge in [-0.15, -0.1) is 11.8 Å². The molecule has 4 rings (SSSR count). The number of amides is 1. The number of aromatic nitrogens is 1. The van der Waals surface area contributed by atoms with E-state index in [1.807, 2.05) is 66.7 Å². The quantitative estimate of drug-likeness (QED) is 0.280. The molecule has 3 aromatic carbocycles. The number of anilines is 1. The molecule has 1 N–H and O–H groups in total. The molecule has 0 aliphatic carbocycles. The summed E-state index contributed by atoms with van der Waals surface area (Å²) in [5.41, 5.74) is 4.32. The van der Waals surface area contributed by atoms with Crippen LogP contribution >= 0.6 is 23.4 Å². The van der Waals surface area contributed by atoms with Gasteiger partial charge >= 0.3 is 0 Å². The summed E-state index contributed by atoms with van der Waals surface area (Å²) in [5, 5.41) is 13.2. The van der Waals surface area contributed by atoms with E-state index in [1.54, 1.807) is 0 Å². The van der Waals surface area contributed by atoms with Crippen LogP contribution in [0.15, 0.2) is 90.0 Å². The standard InChI is InChI=1S/C27H19ClFN3OS/c28-23-15-20(11-12-24(23)29)31-26(33)13-14-34-27-22(17-30)21(18-7-3-1-4-8-18)16-25(32-27)19-9-5-2-6-10-19/h1-12,15-16H,13-14H2,(H,31,33). The smallest absolute Gasteiger partial charge is 0.225 e. The fourth-order valence-electron chi connectivity index (χ4n) is 3.37. The normalized spacial score (nSPS) is 10.5. The predicted octanol–water partition coefficient (Wildman–Crippen LogP) is 7.20. The van der Waals surface area contributed by atoms with Gasteiger partial charge in [0.05, 0.1) is 16.3 Å². The van der Waals surface area contributed by atoms with Crippen molar-refractivity contribution >= 4 is 35.0 Å². The van der Waals surface area contributed by atoms with Crippen molar-refractivity contribution in [2.75, 3.05) is 11.1 Å². The first kappa shape index (κ1) is 23.5. The fraction of sp³-hybridized carbons (Fsp3) is 0.0741. The molecule has 0 fully saturated rings. The minimum atomic E-state index is -0.544. The summed E-state index contributed by atoms with van der Waals surface area (Å²) >= 11 is 7.13. The molecule has 0 aliphatic heterocycles. The van der Waals surface area contributed by atoms with Gasteiger partial charge in [0.25, 0.3) is 0 Å². The van der Waals surface area contributed by atoms with Crippen LogP contribution < -0.4 is 5.32 Å². The number of rotatable bonds is 7. The highest BCUT2D eigenvalue weighted by molar-refractivity contribution is 7.99. The second-order valence-electron chi connectivity index (χ2n) is 7.35. The van der Waals surface area contributed by atoms with Crippen LogP contribution in [-0.4, -0.2) is 16.6 Å². The second kappa shape index (κ2) is 11.0. The second-order valence-corrected chi connectivity index (χ2v) is 8.85. The zero-order chi connectivity index (χ0) is 23.9. The third-order valence-corrected chi connectivity index (χ3v) is 6.29. The number of halogens is 2. The summed E-state index contributed by atoms with van der Waals surface area (Å²) in [4.78, 5) is 17.1. The average molecular weight is 488 g/mol. The minimum Gasteiger partial charge on any atom is -0.326 e. The predicted molar refractivity (Wildman–Crippen MR) is 135 cm³/mol. The molecule has 168 valence electrons. The van der Waals surface area contributed by atoms with Gasteiger partial charge in [0.1, 0.15) is 16.9 Å². The summed E-state index contributed by atoms with van der Waals surface area (Å²) in [6, 6.07) is 27.7. The number of hydrogen-bond donors (Lipinski definition) is 1. The van der Waals surface area contributed by atoms with Crippen molar-refractivity contribution in [1.29, 1.82) is 5.26 Å². The van der Waals surface area contributed by atoms with Gasteiger partial charge in [0.15, 0.2) is 0 Å². The van der Waals surface area contributed by atoms with E-state index in [4.69, 9.17) is 16.6 Å². The molecule has 0 saturated carbocycles. The highest BCUT2D eigenvalue weighted by atomic mass is 35.5. The maximum absolute atomic E-state index is 13.3. The molecule has 34 heavy (non-hydrogen) atoms. The zero-order valence-corrected chi connectivity index (χ0v) is 19.5. The van der Waals surface area contributed by atoms with Crippen molar-refractivity contribution in [3.8, 4) is 28.5 Å². The third-order valence-electron chi connectivity index (χ3n) is 5.02. The molecule has 4 nitrogen and oxygen atoms in total. The molecule has 0 spiro atoms. The minimum absolute atomic E-state index is 0.0544. The lowest BCUT2D eigenvalue weighted by Gasteiger charge is -2.13. The number of nitriles is 1. The Labute approximate surface area is 206 Å². The molecule has 7 heteroatoms. The molecule has 1 aromatic heterocycles. The van der Waals surface area contributed by atoms with Gasteiger partial charge in [-0.1, -0.05) is 72.3 Å². The number of pyridine rings is 1. The highest BCUT2D eigenvalue weighted by Crippen LogP contribution is 2.34. The lowest BCUT2D eigenvalue weighted by molar-refractivity contribution is -0.115. The van der Waals surface area contributed by atoms with Crippen molar-refractivity contribution in [2.24, 2.45) is 0 Å². The summed E-state index contributed by atoms with van der Waals surface area (Å²) in [6.07, 6.45) is 0.183. The van der Waals surface area contributed by atoms with Crippen LogP contribution in [-0.2, 0) is 4.79 Å². The van der Waals surface area contributed by atoms with E-state index in [9.17, 15) is 14.4 Å². The van der Waals surface area contributed by atoms with Gasteiger partial charge in [-0.05, 0) is 29.8 Å². The summed E-state index contributed by atoms with van der Waals surface area (Å²) < 4.78 is 13.3. The molecular formula is C27H19ClFN3OS. The van der Waals surface area contributed by atoms with E-state index in [0.717, 1.165) is 22.4 Å². The van der Waals surface area contributed by atoms with Crippen LogP contribution in [0.4, 0.5) is 10.1 Å². The van der Waals surface area contributed by atoms with Crippen molar-refractivity contribution in [2.45, 2.75) is 11.4 Å². The number of nitrogens with zero attached hydrogens (tertiary/aromatic N) is 2. The van der Waals surface area contributed by atoms with Crippen LogP contribution in [0.5, 0.6) is 0 Å². The lowest BCUT2D eigenvalue weighted by Crippen LogP contribution is -2.12. The molecule has 1 amide bonds. The Kier molecular flexibility index (Phi) is 7.58. The Morgan fingerprint density at radius 2 is 1.68 bits per heavy atom. The molecule has 4 aromatic rings. The van der Waals surface area contributed by atoms with Crippen LogP contribution in [0.25, 0.3) is 22.4 Å². The number of nitrogens with one attached hydrogen (secondary N) is 1. The van der Waals surface area contributed by atoms with Gasteiger partial charge in [0.2, 0.25) is 5.91 Å². The summed E-state index contributed by atoms with van der Waals surface area (Å²) in [7, 11) is 0. The Morgan fingerprint density at radius 1 is 1.00 bits per heavy atom. The summed E-state index contributed by atoms with van der Waals surface area (Å²) in [6.45, 7) is 0. The van der Waals surface area contributed by atoms with Crippen molar-refractivity contribution in [3.05, 3.63) is 101 Å². The molecule has 0 radical (unpaired) electrons. The monoisotopic (exact) mass is 487 g/mol. The van der Waals surface area contributed by atoms with E-state index in [0.29, 0.717) is 22.0 Å². The fourth-order valence-corrected chi connectivity index (χ4v) is 4.50. The topological polar surface area (TPSA) is 65.8 Å². The van der Waals surface area contributed by atoms with E-state index >= 15 is 0 Å². The van der Waals surface area contributed by atoms with Crippen molar-refractivity contribution in [1.82, 2.24) is 4.98 Å². The van der Waals surface area contributed by atoms with Crippen molar-refractivity contribution in [3.63, 3.8) is 0 Å². The van der Waals surface area contributed by atoms with Gasteiger partial charge in [0, 0.05) is 29.0 Å². The van der Waals surface area contributed by atoms with Crippen molar-refractivity contribution < 1.29 is 9.18 Å². The van der Waals surface area contributed by atoms with Crippen LogP contribution in [0.3, 0.4) is 0 Å². The van der Waals surface area contributed by atoms with Gasteiger partial charge in [-0.3, -0.25) is 4.79 Å².